The Kier molecular flexibility index (Phi) is 4.04. The van der Waals surface area contributed by atoms with Crippen molar-refractivity contribution in [2.75, 3.05) is 17.7 Å². The Morgan fingerprint density at radius 1 is 1.44 bits per heavy atom. The molecule has 0 fully saturated rings. The minimum Gasteiger partial charge on any atom is -0.492 e. The van der Waals surface area contributed by atoms with E-state index in [0.717, 1.165) is 23.0 Å². The number of para-hydroxylation sites is 1. The number of benzene rings is 1. The first-order valence-electron chi connectivity index (χ1n) is 5.87. The van der Waals surface area contributed by atoms with Gasteiger partial charge in [0.05, 0.1) is 29.5 Å². The van der Waals surface area contributed by atoms with Crippen LogP contribution in [0.25, 0.3) is 0 Å². The van der Waals surface area contributed by atoms with Crippen molar-refractivity contribution in [3.63, 3.8) is 0 Å². The molecule has 0 unspecified atom stereocenters. The van der Waals surface area contributed by atoms with Crippen LogP contribution in [0.3, 0.4) is 0 Å². The first-order chi connectivity index (χ1) is 8.70. The summed E-state index contributed by atoms with van der Waals surface area (Å²) in [4.78, 5) is 5.41. The van der Waals surface area contributed by atoms with Crippen LogP contribution in [0.2, 0.25) is 0 Å². The molecule has 0 radical (unpaired) electrons. The minimum atomic E-state index is 0.613. The molecule has 0 saturated heterocycles. The number of aromatic nitrogens is 1. The van der Waals surface area contributed by atoms with E-state index in [9.17, 15) is 0 Å². The van der Waals surface area contributed by atoms with Gasteiger partial charge < -0.3 is 15.8 Å². The van der Waals surface area contributed by atoms with Crippen LogP contribution in [0.15, 0.2) is 24.4 Å². The molecule has 2 rings (SSSR count). The topological polar surface area (TPSA) is 60.2 Å². The van der Waals surface area contributed by atoms with Crippen LogP contribution in [0.1, 0.15) is 16.8 Å². The molecule has 1 heterocycles. The number of rotatable bonds is 5. The molecule has 0 aliphatic carbocycles. The lowest BCUT2D eigenvalue weighted by atomic mass is 10.2. The van der Waals surface area contributed by atoms with E-state index < -0.39 is 0 Å². The summed E-state index contributed by atoms with van der Waals surface area (Å²) in [6.07, 6.45) is 1.88. The fourth-order valence-electron chi connectivity index (χ4n) is 1.65. The first-order valence-corrected chi connectivity index (χ1v) is 6.68. The molecule has 1 aromatic carbocycles. The zero-order valence-electron chi connectivity index (χ0n) is 10.6. The average molecular weight is 263 g/mol. The summed E-state index contributed by atoms with van der Waals surface area (Å²) in [5.74, 6) is 0.725. The number of aryl methyl sites for hydroxylation is 1. The number of anilines is 2. The molecule has 0 amide bonds. The van der Waals surface area contributed by atoms with E-state index >= 15 is 0 Å². The monoisotopic (exact) mass is 263 g/mol. The van der Waals surface area contributed by atoms with Gasteiger partial charge in [-0.25, -0.2) is 4.98 Å². The number of hydrogen-bond donors (Lipinski definition) is 2. The van der Waals surface area contributed by atoms with Crippen molar-refractivity contribution >= 4 is 22.7 Å². The molecule has 1 aromatic heterocycles. The van der Waals surface area contributed by atoms with Crippen molar-refractivity contribution in [2.45, 2.75) is 20.4 Å². The van der Waals surface area contributed by atoms with Crippen molar-refractivity contribution in [3.8, 4) is 5.75 Å². The van der Waals surface area contributed by atoms with E-state index in [4.69, 9.17) is 10.5 Å². The number of thiazole rings is 1. The van der Waals surface area contributed by atoms with Gasteiger partial charge in [0, 0.05) is 11.1 Å². The van der Waals surface area contributed by atoms with E-state index in [1.54, 1.807) is 11.3 Å². The largest absolute Gasteiger partial charge is 0.492 e. The highest BCUT2D eigenvalue weighted by molar-refractivity contribution is 7.11. The maximum atomic E-state index is 6.04. The molecule has 2 aromatic rings. The van der Waals surface area contributed by atoms with Crippen molar-refractivity contribution in [3.05, 3.63) is 34.3 Å². The molecular weight excluding hydrogens is 246 g/mol. The van der Waals surface area contributed by atoms with Crippen LogP contribution in [0.5, 0.6) is 5.75 Å². The van der Waals surface area contributed by atoms with Crippen molar-refractivity contribution in [1.29, 1.82) is 0 Å². The van der Waals surface area contributed by atoms with Gasteiger partial charge in [0.2, 0.25) is 0 Å². The Bertz CT molecular complexity index is 525. The lowest BCUT2D eigenvalue weighted by molar-refractivity contribution is 0.342. The molecule has 0 bridgehead atoms. The van der Waals surface area contributed by atoms with Crippen molar-refractivity contribution in [2.24, 2.45) is 0 Å². The predicted octanol–water partition coefficient (Wildman–Crippen LogP) is 3.04. The number of nitrogens with one attached hydrogen (secondary N) is 1. The Morgan fingerprint density at radius 3 is 2.94 bits per heavy atom. The zero-order valence-corrected chi connectivity index (χ0v) is 11.4. The zero-order chi connectivity index (χ0) is 13.0. The quantitative estimate of drug-likeness (QED) is 0.814. The molecule has 0 aliphatic heterocycles. The second kappa shape index (κ2) is 5.73. The van der Waals surface area contributed by atoms with Crippen molar-refractivity contribution < 1.29 is 4.74 Å². The van der Waals surface area contributed by atoms with E-state index in [1.165, 1.54) is 4.88 Å². The van der Waals surface area contributed by atoms with Crippen LogP contribution in [0, 0.1) is 6.92 Å². The van der Waals surface area contributed by atoms with Gasteiger partial charge in [-0.05, 0) is 26.0 Å². The van der Waals surface area contributed by atoms with Gasteiger partial charge >= 0.3 is 0 Å². The number of nitrogens with two attached hydrogens (primary N) is 1. The maximum absolute atomic E-state index is 6.04. The molecule has 3 N–H and O–H groups in total. The molecule has 0 aliphatic rings. The highest BCUT2D eigenvalue weighted by Gasteiger charge is 2.06. The van der Waals surface area contributed by atoms with Crippen molar-refractivity contribution in [1.82, 2.24) is 4.98 Å². The van der Waals surface area contributed by atoms with Gasteiger partial charge in [-0.2, -0.15) is 0 Å². The molecule has 0 saturated carbocycles. The normalized spacial score (nSPS) is 10.3. The smallest absolute Gasteiger partial charge is 0.144 e. The summed E-state index contributed by atoms with van der Waals surface area (Å²) < 4.78 is 5.46. The predicted molar refractivity (Wildman–Crippen MR) is 76.2 cm³/mol. The molecule has 0 atom stereocenters. The third kappa shape index (κ3) is 2.92. The Morgan fingerprint density at radius 2 is 2.28 bits per heavy atom. The fourth-order valence-corrected chi connectivity index (χ4v) is 2.38. The van der Waals surface area contributed by atoms with Crippen LogP contribution in [-0.4, -0.2) is 11.6 Å². The van der Waals surface area contributed by atoms with Gasteiger partial charge in [0.1, 0.15) is 5.75 Å². The molecule has 18 heavy (non-hydrogen) atoms. The summed E-state index contributed by atoms with van der Waals surface area (Å²) in [7, 11) is 0. The van der Waals surface area contributed by atoms with Gasteiger partial charge in [-0.15, -0.1) is 11.3 Å². The molecule has 0 spiro atoms. The SMILES string of the molecule is CCOc1cccc(NCc2cnc(C)s2)c1N. The molecule has 4 nitrogen and oxygen atoms in total. The average Bonchev–Trinajstić information content (AvgIpc) is 2.77. The Labute approximate surface area is 111 Å². The molecule has 96 valence electrons. The summed E-state index contributed by atoms with van der Waals surface area (Å²) in [5, 5.41) is 4.38. The van der Waals surface area contributed by atoms with Gasteiger partial charge in [0.25, 0.3) is 0 Å². The lowest BCUT2D eigenvalue weighted by Crippen LogP contribution is -2.03. The number of nitrogens with zero attached hydrogens (tertiary/aromatic N) is 1. The first kappa shape index (κ1) is 12.7. The highest BCUT2D eigenvalue weighted by Crippen LogP contribution is 2.29. The molecular formula is C13H17N3OS. The van der Waals surface area contributed by atoms with Crippen LogP contribution in [-0.2, 0) is 6.54 Å². The van der Waals surface area contributed by atoms with E-state index in [0.29, 0.717) is 12.3 Å². The number of nitrogen functional groups attached to an aromatic ring is 1. The van der Waals surface area contributed by atoms with Gasteiger partial charge in [-0.1, -0.05) is 6.07 Å². The summed E-state index contributed by atoms with van der Waals surface area (Å²) >= 11 is 1.68. The number of hydrogen-bond acceptors (Lipinski definition) is 5. The summed E-state index contributed by atoms with van der Waals surface area (Å²) in [5.41, 5.74) is 7.59. The third-order valence-electron chi connectivity index (χ3n) is 2.49. The number of ether oxygens (including phenoxy) is 1. The highest BCUT2D eigenvalue weighted by atomic mass is 32.1. The second-order valence-electron chi connectivity index (χ2n) is 3.85. The maximum Gasteiger partial charge on any atom is 0.144 e. The lowest BCUT2D eigenvalue weighted by Gasteiger charge is -2.12. The second-order valence-corrected chi connectivity index (χ2v) is 5.17. The summed E-state index contributed by atoms with van der Waals surface area (Å²) in [6.45, 7) is 5.28. The minimum absolute atomic E-state index is 0.613. The van der Waals surface area contributed by atoms with Gasteiger partial charge in [-0.3, -0.25) is 0 Å². The van der Waals surface area contributed by atoms with E-state index in [-0.39, 0.29) is 0 Å². The summed E-state index contributed by atoms with van der Waals surface area (Å²) in [6, 6.07) is 5.76. The third-order valence-corrected chi connectivity index (χ3v) is 3.40. The van der Waals surface area contributed by atoms with E-state index in [1.807, 2.05) is 38.2 Å². The van der Waals surface area contributed by atoms with Gasteiger partial charge in [0.15, 0.2) is 0 Å². The molecule has 5 heteroatoms. The van der Waals surface area contributed by atoms with Crippen LogP contribution in [0.4, 0.5) is 11.4 Å². The fraction of sp³-hybridized carbons (Fsp3) is 0.308. The van der Waals surface area contributed by atoms with Crippen LogP contribution < -0.4 is 15.8 Å². The Balaban J connectivity index is 2.07. The standard InChI is InChI=1S/C13H17N3OS/c1-3-17-12-6-4-5-11(13(12)14)16-8-10-7-15-9(2)18-10/h4-7,16H,3,8,14H2,1-2H3. The Hall–Kier alpha value is -1.75. The van der Waals surface area contributed by atoms with E-state index in [2.05, 4.69) is 10.3 Å². The van der Waals surface area contributed by atoms with Crippen LogP contribution >= 0.6 is 11.3 Å².